The van der Waals surface area contributed by atoms with E-state index in [9.17, 15) is 8.42 Å². The minimum atomic E-state index is -3.46. The molecule has 1 N–H and O–H groups in total. The van der Waals surface area contributed by atoms with Crippen molar-refractivity contribution in [1.82, 2.24) is 4.90 Å². The molecule has 9 heteroatoms. The quantitative estimate of drug-likeness (QED) is 0.434. The highest BCUT2D eigenvalue weighted by Crippen LogP contribution is 2.19. The highest BCUT2D eigenvalue weighted by Gasteiger charge is 2.19. The zero-order valence-electron chi connectivity index (χ0n) is 15.2. The first-order valence-electron chi connectivity index (χ1n) is 8.66. The molecule has 0 unspecified atom stereocenters. The van der Waals surface area contributed by atoms with Crippen LogP contribution in [0, 0.1) is 0 Å². The Morgan fingerprint density at radius 2 is 1.62 bits per heavy atom. The molecule has 0 aliphatic rings. The van der Waals surface area contributed by atoms with E-state index in [2.05, 4.69) is 5.32 Å². The molecule has 0 aliphatic carbocycles. The number of thiophene rings is 1. The molecule has 3 rings (SSSR count). The Labute approximate surface area is 190 Å². The number of halogens is 2. The number of nitrogens with one attached hydrogen (secondary N) is 1. The van der Waals surface area contributed by atoms with Gasteiger partial charge in [0.25, 0.3) is 0 Å². The van der Waals surface area contributed by atoms with E-state index in [1.165, 1.54) is 12.1 Å². The van der Waals surface area contributed by atoms with E-state index in [1.807, 2.05) is 34.5 Å². The zero-order chi connectivity index (χ0) is 20.9. The first-order valence-corrected chi connectivity index (χ1v) is 12.4. The number of thiocarbonyl (C=S) groups is 1. The van der Waals surface area contributed by atoms with Crippen molar-refractivity contribution < 1.29 is 8.42 Å². The van der Waals surface area contributed by atoms with Gasteiger partial charge in [-0.25, -0.2) is 8.42 Å². The molecule has 0 fully saturated rings. The van der Waals surface area contributed by atoms with Crippen LogP contribution in [0.4, 0.5) is 5.69 Å². The van der Waals surface area contributed by atoms with Crippen LogP contribution in [0.5, 0.6) is 0 Å². The Morgan fingerprint density at radius 3 is 2.21 bits per heavy atom. The number of benzene rings is 2. The second-order valence-electron chi connectivity index (χ2n) is 6.21. The molecular weight excluding hydrogens is 467 g/mol. The summed E-state index contributed by atoms with van der Waals surface area (Å²) >= 11 is 18.9. The Balaban J connectivity index is 1.73. The van der Waals surface area contributed by atoms with Crippen LogP contribution in [-0.2, 0) is 16.4 Å². The van der Waals surface area contributed by atoms with Crippen molar-refractivity contribution in [3.8, 4) is 0 Å². The SMILES string of the molecule is O=S(=O)(CCN(Cc1cccs1)C(=S)Nc1ccc(Cl)cc1)c1ccc(Cl)cc1. The molecule has 0 bridgehead atoms. The summed E-state index contributed by atoms with van der Waals surface area (Å²) in [6.45, 7) is 0.773. The fraction of sp³-hybridized carbons (Fsp3) is 0.150. The molecule has 4 nitrogen and oxygen atoms in total. The van der Waals surface area contributed by atoms with E-state index in [1.54, 1.807) is 35.6 Å². The van der Waals surface area contributed by atoms with Gasteiger partial charge in [-0.1, -0.05) is 29.3 Å². The van der Waals surface area contributed by atoms with Gasteiger partial charge in [-0.2, -0.15) is 0 Å². The predicted molar refractivity (Wildman–Crippen MR) is 126 cm³/mol. The lowest BCUT2D eigenvalue weighted by Crippen LogP contribution is -2.37. The summed E-state index contributed by atoms with van der Waals surface area (Å²) in [4.78, 5) is 3.19. The van der Waals surface area contributed by atoms with Crippen LogP contribution >= 0.6 is 46.8 Å². The van der Waals surface area contributed by atoms with Crippen molar-refractivity contribution in [2.75, 3.05) is 17.6 Å². The number of anilines is 1. The van der Waals surface area contributed by atoms with Crippen molar-refractivity contribution in [1.29, 1.82) is 0 Å². The van der Waals surface area contributed by atoms with Crippen molar-refractivity contribution in [2.45, 2.75) is 11.4 Å². The zero-order valence-corrected chi connectivity index (χ0v) is 19.2. The lowest BCUT2D eigenvalue weighted by atomic mass is 10.3. The molecule has 0 aliphatic heterocycles. The Hall–Kier alpha value is -1.64. The van der Waals surface area contributed by atoms with Gasteiger partial charge in [0.05, 0.1) is 17.2 Å². The minimum absolute atomic E-state index is 0.0670. The lowest BCUT2D eigenvalue weighted by Gasteiger charge is -2.25. The first-order chi connectivity index (χ1) is 13.8. The molecule has 0 saturated heterocycles. The van der Waals surface area contributed by atoms with Gasteiger partial charge in [-0.05, 0) is 72.2 Å². The van der Waals surface area contributed by atoms with Crippen LogP contribution in [0.25, 0.3) is 0 Å². The fourth-order valence-electron chi connectivity index (χ4n) is 2.57. The molecule has 1 heterocycles. The third kappa shape index (κ3) is 6.42. The largest absolute Gasteiger partial charge is 0.343 e. The second-order valence-corrected chi connectivity index (χ2v) is 10.6. The number of hydrogen-bond acceptors (Lipinski definition) is 4. The van der Waals surface area contributed by atoms with Crippen molar-refractivity contribution >= 4 is 67.4 Å². The summed E-state index contributed by atoms with van der Waals surface area (Å²) in [5, 5.41) is 6.71. The van der Waals surface area contributed by atoms with E-state index in [0.717, 1.165) is 10.6 Å². The molecule has 0 amide bonds. The maximum absolute atomic E-state index is 12.7. The van der Waals surface area contributed by atoms with Crippen molar-refractivity contribution in [2.24, 2.45) is 0 Å². The number of rotatable bonds is 7. The third-order valence-electron chi connectivity index (χ3n) is 4.11. The maximum atomic E-state index is 12.7. The van der Waals surface area contributed by atoms with Crippen LogP contribution in [0.2, 0.25) is 10.0 Å². The van der Waals surface area contributed by atoms with E-state index < -0.39 is 9.84 Å². The molecule has 152 valence electrons. The predicted octanol–water partition coefficient (Wildman–Crippen LogP) is 5.73. The molecule has 3 aromatic rings. The smallest absolute Gasteiger partial charge is 0.180 e. The van der Waals surface area contributed by atoms with Gasteiger partial charge >= 0.3 is 0 Å². The van der Waals surface area contributed by atoms with Crippen LogP contribution in [0.3, 0.4) is 0 Å². The van der Waals surface area contributed by atoms with Crippen molar-refractivity contribution in [3.63, 3.8) is 0 Å². The summed E-state index contributed by atoms with van der Waals surface area (Å²) < 4.78 is 25.4. The minimum Gasteiger partial charge on any atom is -0.343 e. The van der Waals surface area contributed by atoms with Gasteiger partial charge in [0.1, 0.15) is 0 Å². The van der Waals surface area contributed by atoms with Crippen molar-refractivity contribution in [3.05, 3.63) is 81.0 Å². The van der Waals surface area contributed by atoms with E-state index in [0.29, 0.717) is 21.7 Å². The van der Waals surface area contributed by atoms with Crippen LogP contribution in [0.15, 0.2) is 70.9 Å². The van der Waals surface area contributed by atoms with E-state index >= 15 is 0 Å². The summed E-state index contributed by atoms with van der Waals surface area (Å²) in [6.07, 6.45) is 0. The molecular formula is C20H18Cl2N2O2S3. The Kier molecular flexibility index (Phi) is 7.54. The topological polar surface area (TPSA) is 49.4 Å². The highest BCUT2D eigenvalue weighted by molar-refractivity contribution is 7.91. The van der Waals surface area contributed by atoms with Gasteiger partial charge in [-0.3, -0.25) is 0 Å². The van der Waals surface area contributed by atoms with Gasteiger partial charge in [-0.15, -0.1) is 11.3 Å². The fourth-order valence-corrected chi connectivity index (χ4v) is 5.06. The summed E-state index contributed by atoms with van der Waals surface area (Å²) in [6, 6.07) is 17.3. The lowest BCUT2D eigenvalue weighted by molar-refractivity contribution is 0.444. The van der Waals surface area contributed by atoms with Crippen LogP contribution < -0.4 is 5.32 Å². The maximum Gasteiger partial charge on any atom is 0.180 e. The second kappa shape index (κ2) is 9.91. The average Bonchev–Trinajstić information content (AvgIpc) is 3.20. The molecule has 0 atom stereocenters. The van der Waals surface area contributed by atoms with Gasteiger partial charge < -0.3 is 10.2 Å². The van der Waals surface area contributed by atoms with Gasteiger partial charge in [0.15, 0.2) is 14.9 Å². The molecule has 29 heavy (non-hydrogen) atoms. The average molecular weight is 485 g/mol. The Morgan fingerprint density at radius 1 is 1.00 bits per heavy atom. The molecule has 0 saturated carbocycles. The highest BCUT2D eigenvalue weighted by atomic mass is 35.5. The van der Waals surface area contributed by atoms with Gasteiger partial charge in [0.2, 0.25) is 0 Å². The van der Waals surface area contributed by atoms with E-state index in [4.69, 9.17) is 35.4 Å². The summed E-state index contributed by atoms with van der Waals surface area (Å²) in [5.74, 6) is -0.0670. The molecule has 0 radical (unpaired) electrons. The molecule has 2 aromatic carbocycles. The number of sulfone groups is 1. The van der Waals surface area contributed by atoms with E-state index in [-0.39, 0.29) is 17.2 Å². The normalized spacial score (nSPS) is 11.2. The molecule has 0 spiro atoms. The number of hydrogen-bond donors (Lipinski definition) is 1. The summed E-state index contributed by atoms with van der Waals surface area (Å²) in [5.41, 5.74) is 0.788. The third-order valence-corrected chi connectivity index (χ3v) is 7.55. The first kappa shape index (κ1) is 22.1. The number of nitrogens with zero attached hydrogens (tertiary/aromatic N) is 1. The standard InChI is InChI=1S/C20H18Cl2N2O2S3/c21-15-3-7-17(8-4-15)23-20(27)24(14-18-2-1-12-28-18)11-13-29(25,26)19-9-5-16(22)6-10-19/h1-10,12H,11,13-14H2,(H,23,27). The monoisotopic (exact) mass is 484 g/mol. The molecule has 1 aromatic heterocycles. The van der Waals surface area contributed by atoms with Gasteiger partial charge in [0, 0.05) is 27.2 Å². The van der Waals surface area contributed by atoms with Crippen LogP contribution in [-0.4, -0.2) is 30.7 Å². The summed E-state index contributed by atoms with van der Waals surface area (Å²) in [7, 11) is -3.46. The van der Waals surface area contributed by atoms with Crippen LogP contribution in [0.1, 0.15) is 4.88 Å². The Bertz CT molecular complexity index is 1050.